The SMILES string of the molecule is COc1ccc2c(c1)c(C(C)=O)c(Cl)n2CC(C)C. The van der Waals surface area contributed by atoms with Crippen molar-refractivity contribution in [1.29, 1.82) is 0 Å². The van der Waals surface area contributed by atoms with Crippen LogP contribution in [-0.4, -0.2) is 17.5 Å². The number of carbonyl (C=O) groups is 1. The molecule has 0 radical (unpaired) electrons. The molecule has 0 N–H and O–H groups in total. The molecule has 0 amide bonds. The molecule has 3 nitrogen and oxygen atoms in total. The minimum Gasteiger partial charge on any atom is -0.497 e. The topological polar surface area (TPSA) is 31.2 Å². The van der Waals surface area contributed by atoms with Crippen molar-refractivity contribution < 1.29 is 9.53 Å². The predicted molar refractivity (Wildman–Crippen MR) is 78.3 cm³/mol. The summed E-state index contributed by atoms with van der Waals surface area (Å²) >= 11 is 6.39. The number of hydrogen-bond acceptors (Lipinski definition) is 2. The molecule has 0 spiro atoms. The molecular formula is C15H18ClNO2. The number of ketones is 1. The van der Waals surface area contributed by atoms with Gasteiger partial charge in [-0.15, -0.1) is 0 Å². The van der Waals surface area contributed by atoms with Gasteiger partial charge < -0.3 is 9.30 Å². The Balaban J connectivity index is 2.76. The van der Waals surface area contributed by atoms with Crippen LogP contribution in [0.15, 0.2) is 18.2 Å². The first kappa shape index (κ1) is 13.9. The summed E-state index contributed by atoms with van der Waals surface area (Å²) in [6, 6.07) is 5.71. The van der Waals surface area contributed by atoms with E-state index in [0.29, 0.717) is 16.6 Å². The first-order chi connectivity index (χ1) is 8.95. The summed E-state index contributed by atoms with van der Waals surface area (Å²) in [5, 5.41) is 1.38. The highest BCUT2D eigenvalue weighted by Crippen LogP contribution is 2.33. The summed E-state index contributed by atoms with van der Waals surface area (Å²) in [6.45, 7) is 6.58. The zero-order valence-electron chi connectivity index (χ0n) is 11.7. The zero-order valence-corrected chi connectivity index (χ0v) is 12.4. The second-order valence-electron chi connectivity index (χ2n) is 5.11. The van der Waals surface area contributed by atoms with E-state index < -0.39 is 0 Å². The van der Waals surface area contributed by atoms with E-state index in [1.54, 1.807) is 14.0 Å². The molecule has 0 fully saturated rings. The third-order valence-corrected chi connectivity index (χ3v) is 3.50. The van der Waals surface area contributed by atoms with E-state index in [2.05, 4.69) is 13.8 Å². The summed E-state index contributed by atoms with van der Waals surface area (Å²) in [4.78, 5) is 11.8. The molecular weight excluding hydrogens is 262 g/mol. The number of rotatable bonds is 4. The standard InChI is InChI=1S/C15H18ClNO2/c1-9(2)8-17-13-6-5-11(19-4)7-12(13)14(10(3)18)15(17)16/h5-7,9H,8H2,1-4H3. The largest absolute Gasteiger partial charge is 0.497 e. The van der Waals surface area contributed by atoms with Gasteiger partial charge in [0.1, 0.15) is 10.9 Å². The lowest BCUT2D eigenvalue weighted by Gasteiger charge is -2.10. The van der Waals surface area contributed by atoms with Crippen LogP contribution in [0.4, 0.5) is 0 Å². The maximum absolute atomic E-state index is 11.8. The van der Waals surface area contributed by atoms with Crippen LogP contribution >= 0.6 is 11.6 Å². The number of methoxy groups -OCH3 is 1. The van der Waals surface area contributed by atoms with Gasteiger partial charge in [-0.3, -0.25) is 4.79 Å². The molecule has 0 saturated heterocycles. The zero-order chi connectivity index (χ0) is 14.2. The molecule has 0 atom stereocenters. The summed E-state index contributed by atoms with van der Waals surface area (Å²) in [5.74, 6) is 1.16. The average molecular weight is 280 g/mol. The Morgan fingerprint density at radius 2 is 2.11 bits per heavy atom. The quantitative estimate of drug-likeness (QED) is 0.787. The molecule has 2 rings (SSSR count). The van der Waals surface area contributed by atoms with Gasteiger partial charge in [-0.2, -0.15) is 0 Å². The third-order valence-electron chi connectivity index (χ3n) is 3.11. The van der Waals surface area contributed by atoms with Crippen molar-refractivity contribution in [3.8, 4) is 5.75 Å². The number of nitrogens with zero attached hydrogens (tertiary/aromatic N) is 1. The lowest BCUT2D eigenvalue weighted by molar-refractivity contribution is 0.101. The van der Waals surface area contributed by atoms with Crippen molar-refractivity contribution in [1.82, 2.24) is 4.57 Å². The van der Waals surface area contributed by atoms with Crippen LogP contribution in [0, 0.1) is 5.92 Å². The summed E-state index contributed by atoms with van der Waals surface area (Å²) in [7, 11) is 1.61. The molecule has 0 saturated carbocycles. The fourth-order valence-corrected chi connectivity index (χ4v) is 2.70. The van der Waals surface area contributed by atoms with E-state index >= 15 is 0 Å². The molecule has 0 aliphatic rings. The minimum absolute atomic E-state index is 0.0224. The number of benzene rings is 1. The molecule has 1 aromatic heterocycles. The van der Waals surface area contributed by atoms with Crippen molar-refractivity contribution in [2.24, 2.45) is 5.92 Å². The van der Waals surface area contributed by atoms with Crippen molar-refractivity contribution in [2.45, 2.75) is 27.3 Å². The Morgan fingerprint density at radius 3 is 2.63 bits per heavy atom. The van der Waals surface area contributed by atoms with E-state index in [1.165, 1.54) is 0 Å². The third kappa shape index (κ3) is 2.47. The van der Waals surface area contributed by atoms with Gasteiger partial charge in [-0.1, -0.05) is 25.4 Å². The Kier molecular flexibility index (Phi) is 3.85. The van der Waals surface area contributed by atoms with Crippen molar-refractivity contribution in [2.75, 3.05) is 7.11 Å². The van der Waals surface area contributed by atoms with Gasteiger partial charge in [0.05, 0.1) is 18.2 Å². The van der Waals surface area contributed by atoms with Gasteiger partial charge in [0.25, 0.3) is 0 Å². The van der Waals surface area contributed by atoms with Gasteiger partial charge in [0.15, 0.2) is 5.78 Å². The van der Waals surface area contributed by atoms with Crippen LogP contribution in [0.3, 0.4) is 0 Å². The first-order valence-corrected chi connectivity index (χ1v) is 6.70. The Morgan fingerprint density at radius 1 is 1.42 bits per heavy atom. The summed E-state index contributed by atoms with van der Waals surface area (Å²) in [6.07, 6.45) is 0. The van der Waals surface area contributed by atoms with E-state index in [-0.39, 0.29) is 5.78 Å². The second-order valence-corrected chi connectivity index (χ2v) is 5.47. The van der Waals surface area contributed by atoms with Gasteiger partial charge >= 0.3 is 0 Å². The van der Waals surface area contributed by atoms with Gasteiger partial charge in [0.2, 0.25) is 0 Å². The fraction of sp³-hybridized carbons (Fsp3) is 0.400. The molecule has 4 heteroatoms. The molecule has 1 heterocycles. The molecule has 19 heavy (non-hydrogen) atoms. The predicted octanol–water partition coefficient (Wildman–Crippen LogP) is 4.16. The van der Waals surface area contributed by atoms with Crippen LogP contribution in [0.25, 0.3) is 10.9 Å². The van der Waals surface area contributed by atoms with Crippen LogP contribution in [-0.2, 0) is 6.54 Å². The maximum atomic E-state index is 11.8. The summed E-state index contributed by atoms with van der Waals surface area (Å²) < 4.78 is 7.22. The molecule has 1 aromatic carbocycles. The molecule has 102 valence electrons. The number of carbonyl (C=O) groups excluding carboxylic acids is 1. The van der Waals surface area contributed by atoms with E-state index in [0.717, 1.165) is 23.2 Å². The number of Topliss-reactive ketones (excluding diaryl/α,β-unsaturated/α-hetero) is 1. The fourth-order valence-electron chi connectivity index (χ4n) is 2.31. The summed E-state index contributed by atoms with van der Waals surface area (Å²) in [5.41, 5.74) is 1.56. The number of ether oxygens (including phenoxy) is 1. The van der Waals surface area contributed by atoms with Gasteiger partial charge in [-0.05, 0) is 31.0 Å². The van der Waals surface area contributed by atoms with Gasteiger partial charge in [0, 0.05) is 11.9 Å². The van der Waals surface area contributed by atoms with Crippen molar-refractivity contribution in [3.05, 3.63) is 28.9 Å². The van der Waals surface area contributed by atoms with Crippen LogP contribution < -0.4 is 4.74 Å². The minimum atomic E-state index is -0.0224. The molecule has 0 bridgehead atoms. The van der Waals surface area contributed by atoms with Crippen molar-refractivity contribution in [3.63, 3.8) is 0 Å². The normalized spacial score (nSPS) is 11.3. The molecule has 0 unspecified atom stereocenters. The number of hydrogen-bond donors (Lipinski definition) is 0. The number of halogens is 1. The molecule has 2 aromatic rings. The smallest absolute Gasteiger partial charge is 0.163 e. The Bertz CT molecular complexity index is 629. The lowest BCUT2D eigenvalue weighted by atomic mass is 10.1. The van der Waals surface area contributed by atoms with Crippen LogP contribution in [0.2, 0.25) is 5.15 Å². The van der Waals surface area contributed by atoms with E-state index in [9.17, 15) is 4.79 Å². The molecule has 0 aliphatic carbocycles. The Hall–Kier alpha value is -1.48. The highest BCUT2D eigenvalue weighted by atomic mass is 35.5. The van der Waals surface area contributed by atoms with Crippen molar-refractivity contribution >= 4 is 28.3 Å². The second kappa shape index (κ2) is 5.25. The highest BCUT2D eigenvalue weighted by Gasteiger charge is 2.19. The monoisotopic (exact) mass is 279 g/mol. The molecule has 0 aliphatic heterocycles. The van der Waals surface area contributed by atoms with E-state index in [4.69, 9.17) is 16.3 Å². The number of fused-ring (bicyclic) bond motifs is 1. The Labute approximate surface area is 118 Å². The lowest BCUT2D eigenvalue weighted by Crippen LogP contribution is -2.04. The first-order valence-electron chi connectivity index (χ1n) is 6.32. The highest BCUT2D eigenvalue weighted by molar-refractivity contribution is 6.35. The number of aromatic nitrogens is 1. The average Bonchev–Trinajstić information content (AvgIpc) is 2.61. The van der Waals surface area contributed by atoms with Crippen LogP contribution in [0.1, 0.15) is 31.1 Å². The van der Waals surface area contributed by atoms with Gasteiger partial charge in [-0.25, -0.2) is 0 Å². The maximum Gasteiger partial charge on any atom is 0.163 e. The van der Waals surface area contributed by atoms with Crippen LogP contribution in [0.5, 0.6) is 5.75 Å². The van der Waals surface area contributed by atoms with E-state index in [1.807, 2.05) is 22.8 Å².